The van der Waals surface area contributed by atoms with E-state index in [2.05, 4.69) is 115 Å². The van der Waals surface area contributed by atoms with Gasteiger partial charge in [0.1, 0.15) is 12.1 Å². The molecule has 5 nitrogen and oxygen atoms in total. The molecule has 0 aromatic heterocycles. The summed E-state index contributed by atoms with van der Waals surface area (Å²) in [6, 6.07) is 63.9. The first-order valence-electron chi connectivity index (χ1n) is 17.4. The molecule has 0 heterocycles. The number of nitrogens with two attached hydrogens (primary N) is 1. The van der Waals surface area contributed by atoms with E-state index in [1.54, 1.807) is 72.4 Å². The van der Waals surface area contributed by atoms with Crippen molar-refractivity contribution in [3.8, 4) is 12.1 Å². The number of aryl methyl sites for hydroxylation is 1. The summed E-state index contributed by atoms with van der Waals surface area (Å²) in [7, 11) is 0. The third-order valence-corrected chi connectivity index (χ3v) is 10.4. The molecule has 266 valence electrons. The number of fused-ring (bicyclic) bond motifs is 2. The number of nitrogens with zero attached hydrogens (tertiary/aromatic N) is 2. The fourth-order valence-corrected chi connectivity index (χ4v) is 7.23. The van der Waals surface area contributed by atoms with Gasteiger partial charge in [-0.2, -0.15) is 10.5 Å². The number of rotatable bonds is 6. The zero-order valence-electron chi connectivity index (χ0n) is 30.0. The maximum atomic E-state index is 12.5. The minimum absolute atomic E-state index is 0.232. The smallest absolute Gasteiger partial charge is 0.255 e. The van der Waals surface area contributed by atoms with Gasteiger partial charge < -0.3 is 11.1 Å². The molecular weight excluding hydrogens is 713 g/mol. The molecule has 3 N–H and O–H groups in total. The minimum atomic E-state index is -0.232. The van der Waals surface area contributed by atoms with Crippen molar-refractivity contribution in [3.63, 3.8) is 0 Å². The molecule has 0 aliphatic heterocycles. The molecule has 55 heavy (non-hydrogen) atoms. The molecule has 8 rings (SSSR count). The van der Waals surface area contributed by atoms with Crippen molar-refractivity contribution in [3.05, 3.63) is 204 Å². The lowest BCUT2D eigenvalue weighted by atomic mass is 10.1. The zero-order valence-corrected chi connectivity index (χ0v) is 31.7. The quantitative estimate of drug-likeness (QED) is 0.164. The first-order chi connectivity index (χ1) is 26.9. The number of nitrogen functional groups attached to an aromatic ring is 1. The van der Waals surface area contributed by atoms with Crippen LogP contribution in [0, 0.1) is 29.6 Å². The number of hydrogen-bond donors (Lipinski definition) is 2. The van der Waals surface area contributed by atoms with Crippen LogP contribution >= 0.6 is 23.5 Å². The van der Waals surface area contributed by atoms with Gasteiger partial charge in [-0.1, -0.05) is 126 Å². The third-order valence-electron chi connectivity index (χ3n) is 8.43. The molecule has 8 aromatic carbocycles. The number of carbonyl (C=O) groups excluding carboxylic acids is 1. The van der Waals surface area contributed by atoms with Gasteiger partial charge in [-0.15, -0.1) is 0 Å². The van der Waals surface area contributed by atoms with Gasteiger partial charge in [-0.05, 0) is 113 Å². The molecule has 0 aliphatic rings. The van der Waals surface area contributed by atoms with Crippen LogP contribution in [0.3, 0.4) is 0 Å². The largest absolute Gasteiger partial charge is 0.398 e. The number of hydrogen-bond acceptors (Lipinski definition) is 6. The highest BCUT2D eigenvalue weighted by atomic mass is 32.2. The number of para-hydroxylation sites is 2. The lowest BCUT2D eigenvalue weighted by molar-refractivity contribution is 0.102. The van der Waals surface area contributed by atoms with Gasteiger partial charge in [-0.25, -0.2) is 0 Å². The summed E-state index contributed by atoms with van der Waals surface area (Å²) in [5.74, 6) is -0.232. The van der Waals surface area contributed by atoms with E-state index >= 15 is 0 Å². The number of nitrogens with one attached hydrogen (secondary N) is 1. The van der Waals surface area contributed by atoms with Crippen LogP contribution in [-0.4, -0.2) is 5.91 Å². The van der Waals surface area contributed by atoms with E-state index < -0.39 is 0 Å². The number of benzene rings is 8. The third kappa shape index (κ3) is 10.7. The summed E-state index contributed by atoms with van der Waals surface area (Å²) in [5.41, 5.74) is 9.31. The molecule has 0 aliphatic carbocycles. The fraction of sp³-hybridized carbons (Fsp3) is 0.0208. The maximum Gasteiger partial charge on any atom is 0.255 e. The van der Waals surface area contributed by atoms with E-state index in [0.29, 0.717) is 28.1 Å². The van der Waals surface area contributed by atoms with Crippen LogP contribution in [0.1, 0.15) is 27.0 Å². The van der Waals surface area contributed by atoms with Gasteiger partial charge in [0, 0.05) is 30.8 Å². The van der Waals surface area contributed by atoms with E-state index in [-0.39, 0.29) is 5.91 Å². The van der Waals surface area contributed by atoms with Crippen molar-refractivity contribution >= 4 is 62.4 Å². The summed E-state index contributed by atoms with van der Waals surface area (Å²) in [5, 5.41) is 25.4. The standard InChI is InChI=1S/C24H16N2OS.C17H14S.C7H6N2/c25-16-20-7-3-4-8-23(20)26-24(27)18-10-12-21(13-11-18)28-22-14-9-17-5-1-2-6-19(17)15-22;1-13-6-9-16(10-7-13)18-17-11-8-14-4-2-3-5-15(14)12-17;8-5-6-3-1-2-4-7(6)9/h1-15H,(H,26,27);2-12H,1H3;1-4H,9H2. The molecule has 0 radical (unpaired) electrons. The number of nitriles is 2. The molecule has 1 amide bonds. The van der Waals surface area contributed by atoms with Crippen LogP contribution in [0.2, 0.25) is 0 Å². The van der Waals surface area contributed by atoms with Crippen molar-refractivity contribution in [2.75, 3.05) is 11.1 Å². The average molecular weight is 749 g/mol. The zero-order chi connectivity index (χ0) is 38.4. The molecular formula is C48H36N4OS2. The Hall–Kier alpha value is -6.77. The van der Waals surface area contributed by atoms with E-state index in [4.69, 9.17) is 16.3 Å². The predicted molar refractivity (Wildman–Crippen MR) is 228 cm³/mol. The molecule has 0 unspecified atom stereocenters. The average Bonchev–Trinajstić information content (AvgIpc) is 3.23. The second-order valence-corrected chi connectivity index (χ2v) is 14.7. The monoisotopic (exact) mass is 748 g/mol. The van der Waals surface area contributed by atoms with Crippen LogP contribution in [0.15, 0.2) is 202 Å². The van der Waals surface area contributed by atoms with Gasteiger partial charge in [0.2, 0.25) is 0 Å². The van der Waals surface area contributed by atoms with Crippen molar-refractivity contribution in [2.24, 2.45) is 0 Å². The summed E-state index contributed by atoms with van der Waals surface area (Å²) in [6.07, 6.45) is 0. The predicted octanol–water partition coefficient (Wildman–Crippen LogP) is 12.6. The molecule has 0 saturated heterocycles. The second kappa shape index (κ2) is 18.8. The SMILES string of the molecule is Cc1ccc(Sc2ccc3ccccc3c2)cc1.N#Cc1ccccc1N.N#Cc1ccccc1NC(=O)c1ccc(Sc2ccc3ccccc3c2)cc1. The Kier molecular flexibility index (Phi) is 13.0. The Morgan fingerprint density at radius 3 is 1.45 bits per heavy atom. The van der Waals surface area contributed by atoms with Gasteiger partial charge in [0.25, 0.3) is 5.91 Å². The molecule has 0 saturated carbocycles. The molecule has 7 heteroatoms. The summed E-state index contributed by atoms with van der Waals surface area (Å²) in [4.78, 5) is 17.3. The number of amides is 1. The molecule has 0 fully saturated rings. The van der Waals surface area contributed by atoms with Gasteiger partial charge >= 0.3 is 0 Å². The van der Waals surface area contributed by atoms with Crippen molar-refractivity contribution in [2.45, 2.75) is 26.5 Å². The lowest BCUT2D eigenvalue weighted by Gasteiger charge is -2.08. The van der Waals surface area contributed by atoms with Gasteiger partial charge in [0.05, 0.1) is 16.8 Å². The molecule has 0 atom stereocenters. The number of carbonyl (C=O) groups is 1. The fourth-order valence-electron chi connectivity index (χ4n) is 5.50. The van der Waals surface area contributed by atoms with Gasteiger partial charge in [0.15, 0.2) is 0 Å². The first-order valence-corrected chi connectivity index (χ1v) is 19.1. The van der Waals surface area contributed by atoms with E-state index in [0.717, 1.165) is 9.79 Å². The van der Waals surface area contributed by atoms with Crippen molar-refractivity contribution < 1.29 is 4.79 Å². The first kappa shape index (κ1) is 38.0. The normalized spacial score (nSPS) is 10.2. The summed E-state index contributed by atoms with van der Waals surface area (Å²) < 4.78 is 0. The van der Waals surface area contributed by atoms with E-state index in [1.165, 1.54) is 36.9 Å². The summed E-state index contributed by atoms with van der Waals surface area (Å²) in [6.45, 7) is 2.12. The Balaban J connectivity index is 0.000000162. The second-order valence-electron chi connectivity index (χ2n) is 12.4. The van der Waals surface area contributed by atoms with Crippen LogP contribution < -0.4 is 11.1 Å². The maximum absolute atomic E-state index is 12.5. The van der Waals surface area contributed by atoms with Crippen molar-refractivity contribution in [1.82, 2.24) is 0 Å². The van der Waals surface area contributed by atoms with Crippen LogP contribution in [0.25, 0.3) is 21.5 Å². The Labute approximate surface area is 330 Å². The topological polar surface area (TPSA) is 103 Å². The Morgan fingerprint density at radius 2 is 0.945 bits per heavy atom. The molecule has 0 spiro atoms. The van der Waals surface area contributed by atoms with E-state index in [1.807, 2.05) is 42.1 Å². The van der Waals surface area contributed by atoms with Crippen molar-refractivity contribution in [1.29, 1.82) is 10.5 Å². The highest BCUT2D eigenvalue weighted by Gasteiger charge is 2.09. The molecule has 0 bridgehead atoms. The van der Waals surface area contributed by atoms with Gasteiger partial charge in [-0.3, -0.25) is 4.79 Å². The lowest BCUT2D eigenvalue weighted by Crippen LogP contribution is -2.12. The minimum Gasteiger partial charge on any atom is -0.398 e. The van der Waals surface area contributed by atoms with Crippen LogP contribution in [-0.2, 0) is 0 Å². The van der Waals surface area contributed by atoms with E-state index in [9.17, 15) is 4.79 Å². The number of anilines is 2. The highest BCUT2D eigenvalue weighted by molar-refractivity contribution is 7.99. The van der Waals surface area contributed by atoms with Crippen LogP contribution in [0.5, 0.6) is 0 Å². The molecule has 8 aromatic rings. The highest BCUT2D eigenvalue weighted by Crippen LogP contribution is 2.31. The Bertz CT molecular complexity index is 2640. The van der Waals surface area contributed by atoms with Crippen LogP contribution in [0.4, 0.5) is 11.4 Å². The summed E-state index contributed by atoms with van der Waals surface area (Å²) >= 11 is 3.47. The Morgan fingerprint density at radius 1 is 0.509 bits per heavy atom.